The van der Waals surface area contributed by atoms with Gasteiger partial charge in [-0.25, -0.2) is 9.97 Å². The van der Waals surface area contributed by atoms with Crippen LogP contribution in [0, 0.1) is 0 Å². The normalized spacial score (nSPS) is 17.8. The predicted octanol–water partition coefficient (Wildman–Crippen LogP) is 3.61. The first-order chi connectivity index (χ1) is 14.0. The number of alkyl halides is 3. The Morgan fingerprint density at radius 2 is 1.79 bits per heavy atom. The summed E-state index contributed by atoms with van der Waals surface area (Å²) >= 11 is 0. The molecule has 0 unspecified atom stereocenters. The van der Waals surface area contributed by atoms with Crippen molar-refractivity contribution in [3.8, 4) is 0 Å². The second-order valence-corrected chi connectivity index (χ2v) is 7.66. The zero-order chi connectivity index (χ0) is 20.3. The summed E-state index contributed by atoms with van der Waals surface area (Å²) in [6.45, 7) is 4.80. The zero-order valence-corrected chi connectivity index (χ0v) is 16.4. The van der Waals surface area contributed by atoms with Gasteiger partial charge in [0.1, 0.15) is 12.1 Å². The van der Waals surface area contributed by atoms with Crippen molar-refractivity contribution in [1.29, 1.82) is 0 Å². The van der Waals surface area contributed by atoms with Crippen LogP contribution >= 0.6 is 0 Å². The van der Waals surface area contributed by atoms with Crippen molar-refractivity contribution in [2.45, 2.75) is 31.9 Å². The molecule has 0 amide bonds. The average molecular weight is 405 g/mol. The molecule has 8 heteroatoms. The number of anilines is 2. The third kappa shape index (κ3) is 4.80. The van der Waals surface area contributed by atoms with Crippen molar-refractivity contribution in [3.05, 3.63) is 47.4 Å². The topological polar surface area (TPSA) is 44.3 Å². The first-order valence-electron chi connectivity index (χ1n) is 10.2. The maximum Gasteiger partial charge on any atom is 0.416 e. The molecule has 1 aromatic carbocycles. The van der Waals surface area contributed by atoms with E-state index in [0.717, 1.165) is 64.0 Å². The predicted molar refractivity (Wildman–Crippen MR) is 107 cm³/mol. The van der Waals surface area contributed by atoms with Gasteiger partial charge in [-0.2, -0.15) is 13.2 Å². The lowest BCUT2D eigenvalue weighted by Gasteiger charge is -2.36. The van der Waals surface area contributed by atoms with Crippen LogP contribution in [0.25, 0.3) is 0 Å². The number of rotatable bonds is 5. The van der Waals surface area contributed by atoms with Crippen LogP contribution in [0.3, 0.4) is 0 Å². The molecule has 1 N–H and O–H groups in total. The highest BCUT2D eigenvalue weighted by atomic mass is 19.4. The lowest BCUT2D eigenvalue weighted by Crippen LogP contribution is -2.47. The minimum Gasteiger partial charge on any atom is -0.369 e. The molecule has 156 valence electrons. The Kier molecular flexibility index (Phi) is 5.89. The maximum absolute atomic E-state index is 12.9. The Bertz CT molecular complexity index is 831. The summed E-state index contributed by atoms with van der Waals surface area (Å²) in [5, 5.41) is 3.46. The van der Waals surface area contributed by atoms with Gasteiger partial charge >= 0.3 is 6.18 Å². The number of fused-ring (bicyclic) bond motifs is 1. The van der Waals surface area contributed by atoms with Gasteiger partial charge in [-0.15, -0.1) is 0 Å². The molecule has 0 radical (unpaired) electrons. The largest absolute Gasteiger partial charge is 0.416 e. The second kappa shape index (κ2) is 8.57. The quantitative estimate of drug-likeness (QED) is 0.823. The van der Waals surface area contributed by atoms with Crippen molar-refractivity contribution in [1.82, 2.24) is 14.9 Å². The summed E-state index contributed by atoms with van der Waals surface area (Å²) in [5.74, 6) is 0.956. The molecule has 0 saturated carbocycles. The molecule has 4 rings (SSSR count). The molecule has 1 saturated heterocycles. The smallest absolute Gasteiger partial charge is 0.369 e. The number of piperazine rings is 1. The highest BCUT2D eigenvalue weighted by molar-refractivity contribution is 5.50. The maximum atomic E-state index is 12.9. The average Bonchev–Trinajstić information content (AvgIpc) is 2.74. The third-order valence-corrected chi connectivity index (χ3v) is 5.76. The van der Waals surface area contributed by atoms with Gasteiger partial charge in [0.25, 0.3) is 0 Å². The summed E-state index contributed by atoms with van der Waals surface area (Å²) in [6.07, 6.45) is 1.79. The molecular formula is C21H26F3N5. The number of hydrogen-bond acceptors (Lipinski definition) is 5. The second-order valence-electron chi connectivity index (χ2n) is 7.66. The fraction of sp³-hybridized carbons (Fsp3) is 0.524. The SMILES string of the molecule is FC(F)(F)c1cccc(N2CCN(CCNc3ncnc4c3CCCC4)CC2)c1. The van der Waals surface area contributed by atoms with Crippen LogP contribution in [0.15, 0.2) is 30.6 Å². The van der Waals surface area contributed by atoms with Crippen LogP contribution in [0.4, 0.5) is 24.7 Å². The summed E-state index contributed by atoms with van der Waals surface area (Å²) in [6, 6.07) is 5.61. The molecule has 1 aromatic heterocycles. The number of halogens is 3. The lowest BCUT2D eigenvalue weighted by atomic mass is 9.96. The Hall–Kier alpha value is -2.35. The summed E-state index contributed by atoms with van der Waals surface area (Å²) in [7, 11) is 0. The van der Waals surface area contributed by atoms with Gasteiger partial charge in [-0.05, 0) is 43.9 Å². The van der Waals surface area contributed by atoms with Crippen LogP contribution in [0.1, 0.15) is 29.7 Å². The molecular weight excluding hydrogens is 379 g/mol. The molecule has 0 spiro atoms. The number of aryl methyl sites for hydroxylation is 1. The molecule has 0 atom stereocenters. The molecule has 1 aliphatic heterocycles. The van der Waals surface area contributed by atoms with Crippen molar-refractivity contribution in [2.24, 2.45) is 0 Å². The molecule has 2 aliphatic rings. The van der Waals surface area contributed by atoms with E-state index in [0.29, 0.717) is 5.69 Å². The monoisotopic (exact) mass is 405 g/mol. The van der Waals surface area contributed by atoms with Gasteiger partial charge in [0.15, 0.2) is 0 Å². The summed E-state index contributed by atoms with van der Waals surface area (Å²) in [4.78, 5) is 13.2. The fourth-order valence-corrected chi connectivity index (χ4v) is 4.11. The van der Waals surface area contributed by atoms with Gasteiger partial charge in [0.2, 0.25) is 0 Å². The van der Waals surface area contributed by atoms with Crippen molar-refractivity contribution >= 4 is 11.5 Å². The Morgan fingerprint density at radius 3 is 2.59 bits per heavy atom. The first kappa shape index (κ1) is 19.9. The number of aromatic nitrogens is 2. The molecule has 1 aliphatic carbocycles. The zero-order valence-electron chi connectivity index (χ0n) is 16.4. The van der Waals surface area contributed by atoms with E-state index in [9.17, 15) is 13.2 Å². The van der Waals surface area contributed by atoms with Gasteiger partial charge in [-0.1, -0.05) is 6.07 Å². The Morgan fingerprint density at radius 1 is 1.00 bits per heavy atom. The van der Waals surface area contributed by atoms with Crippen molar-refractivity contribution in [3.63, 3.8) is 0 Å². The fourth-order valence-electron chi connectivity index (χ4n) is 4.11. The van der Waals surface area contributed by atoms with Crippen LogP contribution < -0.4 is 10.2 Å². The van der Waals surface area contributed by atoms with Gasteiger partial charge < -0.3 is 10.2 Å². The minimum absolute atomic E-state index is 0.588. The summed E-state index contributed by atoms with van der Waals surface area (Å²) < 4.78 is 38.8. The third-order valence-electron chi connectivity index (χ3n) is 5.76. The van der Waals surface area contributed by atoms with Crippen molar-refractivity contribution < 1.29 is 13.2 Å². The van der Waals surface area contributed by atoms with Crippen LogP contribution in [-0.4, -0.2) is 54.1 Å². The van der Waals surface area contributed by atoms with Gasteiger partial charge in [-0.3, -0.25) is 4.90 Å². The van der Waals surface area contributed by atoms with E-state index in [1.165, 1.54) is 36.2 Å². The Balaban J connectivity index is 1.27. The standard InChI is InChI=1S/C21H26F3N5/c22-21(23,24)16-4-3-5-17(14-16)29-12-10-28(11-13-29)9-8-25-20-18-6-1-2-7-19(18)26-15-27-20/h3-5,14-15H,1-2,6-13H2,(H,25,26,27). The molecule has 2 heterocycles. The lowest BCUT2D eigenvalue weighted by molar-refractivity contribution is -0.137. The highest BCUT2D eigenvalue weighted by Gasteiger charge is 2.31. The first-order valence-corrected chi connectivity index (χ1v) is 10.2. The van der Waals surface area contributed by atoms with Crippen LogP contribution in [-0.2, 0) is 19.0 Å². The highest BCUT2D eigenvalue weighted by Crippen LogP contribution is 2.32. The van der Waals surface area contributed by atoms with E-state index < -0.39 is 11.7 Å². The minimum atomic E-state index is -4.30. The number of nitrogens with zero attached hydrogens (tertiary/aromatic N) is 4. The van der Waals surface area contributed by atoms with E-state index >= 15 is 0 Å². The van der Waals surface area contributed by atoms with Crippen molar-refractivity contribution in [2.75, 3.05) is 49.5 Å². The van der Waals surface area contributed by atoms with Crippen LogP contribution in [0.5, 0.6) is 0 Å². The molecule has 0 bridgehead atoms. The van der Waals surface area contributed by atoms with E-state index in [1.54, 1.807) is 12.4 Å². The summed E-state index contributed by atoms with van der Waals surface area (Å²) in [5.41, 5.74) is 2.48. The molecule has 29 heavy (non-hydrogen) atoms. The van der Waals surface area contributed by atoms with Gasteiger partial charge in [0, 0.05) is 56.2 Å². The van der Waals surface area contributed by atoms with E-state index in [1.807, 2.05) is 4.90 Å². The van der Waals surface area contributed by atoms with Gasteiger partial charge in [0.05, 0.1) is 5.56 Å². The van der Waals surface area contributed by atoms with E-state index in [4.69, 9.17) is 0 Å². The van der Waals surface area contributed by atoms with E-state index in [-0.39, 0.29) is 0 Å². The molecule has 1 fully saturated rings. The molecule has 2 aromatic rings. The Labute approximate surface area is 168 Å². The number of nitrogens with one attached hydrogen (secondary N) is 1. The van der Waals surface area contributed by atoms with E-state index in [2.05, 4.69) is 20.2 Å². The number of benzene rings is 1. The number of hydrogen-bond donors (Lipinski definition) is 1. The van der Waals surface area contributed by atoms with Crippen LogP contribution in [0.2, 0.25) is 0 Å². The molecule has 5 nitrogen and oxygen atoms in total.